The number of ketones is 2. The predicted octanol–water partition coefficient (Wildman–Crippen LogP) is 10.3. The monoisotopic (exact) mass is 838 g/mol. The minimum absolute atomic E-state index is 0.0804. The van der Waals surface area contributed by atoms with Crippen molar-refractivity contribution >= 4 is 145 Å². The third-order valence-electron chi connectivity index (χ3n) is 7.49. The Labute approximate surface area is 287 Å². The van der Waals surface area contributed by atoms with Gasteiger partial charge in [-0.2, -0.15) is 0 Å². The number of rotatable bonds is 2. The molecule has 5 aromatic rings. The second-order valence-corrected chi connectivity index (χ2v) is 14.0. The van der Waals surface area contributed by atoms with Gasteiger partial charge in [0.15, 0.2) is 11.6 Å². The van der Waals surface area contributed by atoms with Gasteiger partial charge in [0.1, 0.15) is 5.92 Å². The van der Waals surface area contributed by atoms with Gasteiger partial charge in [-0.15, -0.1) is 0 Å². The van der Waals surface area contributed by atoms with Crippen molar-refractivity contribution in [2.75, 3.05) is 4.90 Å². The van der Waals surface area contributed by atoms with E-state index in [1.54, 1.807) is 30.3 Å². The number of hydrogen-bond donors (Lipinski definition) is 0. The first-order valence-electron chi connectivity index (χ1n) is 12.3. The minimum atomic E-state index is -1.39. The smallest absolute Gasteiger partial charge is 0.266 e. The van der Waals surface area contributed by atoms with Crippen molar-refractivity contribution in [1.29, 1.82) is 0 Å². The fourth-order valence-electron chi connectivity index (χ4n) is 5.52. The van der Waals surface area contributed by atoms with Crippen molar-refractivity contribution in [2.45, 2.75) is 5.92 Å². The van der Waals surface area contributed by atoms with E-state index in [0.717, 1.165) is 24.6 Å². The van der Waals surface area contributed by atoms with Crippen molar-refractivity contribution in [3.63, 3.8) is 0 Å². The summed E-state index contributed by atoms with van der Waals surface area (Å²) in [4.78, 5) is 60.5. The number of imide groups is 1. The van der Waals surface area contributed by atoms with Crippen LogP contribution in [0.5, 0.6) is 0 Å². The van der Waals surface area contributed by atoms with Gasteiger partial charge in [0.05, 0.1) is 59.2 Å². The van der Waals surface area contributed by atoms with Gasteiger partial charge < -0.3 is 0 Å². The summed E-state index contributed by atoms with van der Waals surface area (Å²) in [7, 11) is 0. The van der Waals surface area contributed by atoms with Gasteiger partial charge >= 0.3 is 0 Å². The highest BCUT2D eigenvalue weighted by Gasteiger charge is 2.45. The first-order chi connectivity index (χ1) is 20.4. The fourth-order valence-corrected chi connectivity index (χ4v) is 7.95. The van der Waals surface area contributed by atoms with Gasteiger partial charge in [0.2, 0.25) is 0 Å². The number of anilines is 1. The lowest BCUT2D eigenvalue weighted by Crippen LogP contribution is -2.29. The molecule has 0 N–H and O–H groups in total. The zero-order chi connectivity index (χ0) is 30.6. The molecular formula is C30H9Br3Cl4N2O4. The quantitative estimate of drug-likeness (QED) is 0.0765. The average Bonchev–Trinajstić information content (AvgIpc) is 3.39. The van der Waals surface area contributed by atoms with Crippen molar-refractivity contribution in [1.82, 2.24) is 4.98 Å². The van der Waals surface area contributed by atoms with Crippen LogP contribution in [-0.2, 0) is 0 Å². The fraction of sp³-hybridized carbons (Fsp3) is 0.0333. The summed E-state index contributed by atoms with van der Waals surface area (Å²) < 4.78 is 2.11. The van der Waals surface area contributed by atoms with Crippen molar-refractivity contribution < 1.29 is 19.2 Å². The number of benzene rings is 4. The summed E-state index contributed by atoms with van der Waals surface area (Å²) in [5, 5.41) is 1.45. The highest BCUT2D eigenvalue weighted by Crippen LogP contribution is 2.48. The second kappa shape index (κ2) is 10.3. The summed E-state index contributed by atoms with van der Waals surface area (Å²) in [5.74, 6) is -3.74. The van der Waals surface area contributed by atoms with Crippen molar-refractivity contribution in [3.8, 4) is 0 Å². The molecule has 0 atom stereocenters. The average molecular weight is 843 g/mol. The van der Waals surface area contributed by atoms with E-state index in [0.29, 0.717) is 9.86 Å². The molecule has 1 aliphatic carbocycles. The Morgan fingerprint density at radius 2 is 1.16 bits per heavy atom. The zero-order valence-electron chi connectivity index (χ0n) is 20.9. The third-order valence-corrected chi connectivity index (χ3v) is 11.1. The van der Waals surface area contributed by atoms with E-state index < -0.39 is 29.3 Å². The lowest BCUT2D eigenvalue weighted by molar-refractivity contribution is 0.0882. The number of pyridine rings is 1. The molecule has 0 bridgehead atoms. The number of carbonyl (C=O) groups excluding carboxylic acids is 4. The molecule has 2 aliphatic rings. The van der Waals surface area contributed by atoms with E-state index >= 15 is 0 Å². The Morgan fingerprint density at radius 1 is 0.651 bits per heavy atom. The molecular weight excluding hydrogens is 834 g/mol. The van der Waals surface area contributed by atoms with E-state index in [2.05, 4.69) is 52.8 Å². The Morgan fingerprint density at radius 3 is 1.67 bits per heavy atom. The Hall–Kier alpha value is -2.37. The lowest BCUT2D eigenvalue weighted by Gasteiger charge is -2.18. The summed E-state index contributed by atoms with van der Waals surface area (Å²) in [6, 6.07) is 13.6. The van der Waals surface area contributed by atoms with Crippen LogP contribution in [0, 0.1) is 0 Å². The Balaban J connectivity index is 1.39. The molecule has 1 aromatic heterocycles. The standard InChI is InChI=1S/C30H9Br3Cl4N2O4/c31-10-5-9-1-4-17(19-27(40)20-21(28(19)41)23(35)25(37)24(36)22(20)34)38-26(9)18(6-10)39-29(42)13-7-11-12(8-14(13)30(39)43)16(33)3-2-15(11)32/h1-8,19H. The molecule has 6 nitrogen and oxygen atoms in total. The van der Waals surface area contributed by atoms with Gasteiger partial charge in [-0.05, 0) is 53.2 Å². The number of aromatic nitrogens is 1. The predicted molar refractivity (Wildman–Crippen MR) is 178 cm³/mol. The third kappa shape index (κ3) is 4.20. The first-order valence-corrected chi connectivity index (χ1v) is 16.1. The molecule has 0 radical (unpaired) electrons. The summed E-state index contributed by atoms with van der Waals surface area (Å²) in [6.07, 6.45) is 0. The maximum absolute atomic E-state index is 13.8. The van der Waals surface area contributed by atoms with Crippen LogP contribution in [0.3, 0.4) is 0 Å². The molecule has 0 saturated carbocycles. The normalized spacial score (nSPS) is 14.9. The van der Waals surface area contributed by atoms with Gasteiger partial charge in [-0.25, -0.2) is 9.88 Å². The van der Waals surface area contributed by atoms with Crippen LogP contribution >= 0.6 is 94.2 Å². The minimum Gasteiger partial charge on any atom is -0.293 e. The molecule has 0 unspecified atom stereocenters. The molecule has 43 heavy (non-hydrogen) atoms. The number of amides is 2. The van der Waals surface area contributed by atoms with Crippen LogP contribution in [0.25, 0.3) is 21.7 Å². The van der Waals surface area contributed by atoms with Crippen molar-refractivity contribution in [2.24, 2.45) is 0 Å². The van der Waals surface area contributed by atoms with Crippen LogP contribution in [0.4, 0.5) is 5.69 Å². The highest BCUT2D eigenvalue weighted by atomic mass is 79.9. The number of carbonyl (C=O) groups is 4. The molecule has 2 amide bonds. The molecule has 0 saturated heterocycles. The molecule has 212 valence electrons. The highest BCUT2D eigenvalue weighted by molar-refractivity contribution is 9.11. The molecule has 0 spiro atoms. The molecule has 7 rings (SSSR count). The topological polar surface area (TPSA) is 84.4 Å². The van der Waals surface area contributed by atoms with Crippen LogP contribution in [0.15, 0.2) is 61.9 Å². The molecule has 13 heteroatoms. The van der Waals surface area contributed by atoms with Crippen LogP contribution in [-0.4, -0.2) is 28.4 Å². The van der Waals surface area contributed by atoms with Crippen molar-refractivity contribution in [3.05, 3.63) is 110 Å². The molecule has 1 aliphatic heterocycles. The molecule has 4 aromatic carbocycles. The van der Waals surface area contributed by atoms with Gasteiger partial charge in [0.25, 0.3) is 11.8 Å². The lowest BCUT2D eigenvalue weighted by atomic mass is 9.98. The zero-order valence-corrected chi connectivity index (χ0v) is 28.7. The van der Waals surface area contributed by atoms with E-state index in [1.807, 2.05) is 12.1 Å². The number of halogens is 7. The Kier molecular flexibility index (Phi) is 7.06. The number of Topliss-reactive ketones (excluding diaryl/α,β-unsaturated/α-hetero) is 2. The molecule has 2 heterocycles. The maximum Gasteiger partial charge on any atom is 0.266 e. The largest absolute Gasteiger partial charge is 0.293 e. The maximum atomic E-state index is 13.8. The van der Waals surface area contributed by atoms with E-state index in [4.69, 9.17) is 46.4 Å². The van der Waals surface area contributed by atoms with Gasteiger partial charge in [-0.1, -0.05) is 100 Å². The van der Waals surface area contributed by atoms with Crippen LogP contribution in [0.2, 0.25) is 20.1 Å². The summed E-state index contributed by atoms with van der Waals surface area (Å²) >= 11 is 35.5. The van der Waals surface area contributed by atoms with E-state index in [9.17, 15) is 19.2 Å². The SMILES string of the molecule is O=C1c2c(Cl)c(Cl)c(Cl)c(Cl)c2C(=O)C1c1ccc2cc(Br)cc(N3C(=O)c4cc5c(Br)ccc(Br)c5cc4C3=O)c2n1. The van der Waals surface area contributed by atoms with Crippen LogP contribution in [0.1, 0.15) is 53.0 Å². The van der Waals surface area contributed by atoms with Gasteiger partial charge in [-0.3, -0.25) is 19.2 Å². The summed E-state index contributed by atoms with van der Waals surface area (Å²) in [5.41, 5.74) is 0.698. The summed E-state index contributed by atoms with van der Waals surface area (Å²) in [6.45, 7) is 0. The van der Waals surface area contributed by atoms with Crippen LogP contribution < -0.4 is 4.90 Å². The number of nitrogens with zero attached hydrogens (tertiary/aromatic N) is 2. The molecule has 0 fully saturated rings. The second-order valence-electron chi connectivity index (χ2n) is 9.82. The van der Waals surface area contributed by atoms with E-state index in [1.165, 1.54) is 6.07 Å². The first kappa shape index (κ1) is 29.3. The van der Waals surface area contributed by atoms with Gasteiger partial charge in [0, 0.05) is 18.8 Å². The Bertz CT molecular complexity index is 2120. The number of fused-ring (bicyclic) bond motifs is 4. The number of hydrogen-bond acceptors (Lipinski definition) is 5. The van der Waals surface area contributed by atoms with E-state index in [-0.39, 0.29) is 59.2 Å².